The van der Waals surface area contributed by atoms with Gasteiger partial charge in [0.25, 0.3) is 5.91 Å². The molecule has 4 atom stereocenters. The van der Waals surface area contributed by atoms with E-state index in [1.54, 1.807) is 35.2 Å². The number of hydrogen-bond donors (Lipinski definition) is 1. The van der Waals surface area contributed by atoms with Crippen molar-refractivity contribution in [3.05, 3.63) is 101 Å². The van der Waals surface area contributed by atoms with Crippen LogP contribution in [0.1, 0.15) is 59.8 Å². The normalized spacial score (nSPS) is 22.4. The second-order valence-electron chi connectivity index (χ2n) is 11.3. The Labute approximate surface area is 241 Å². The van der Waals surface area contributed by atoms with Crippen molar-refractivity contribution in [2.24, 2.45) is 0 Å². The fraction of sp³-hybridized carbons (Fsp3) is 0.394. The lowest BCUT2D eigenvalue weighted by Gasteiger charge is -2.47. The number of methoxy groups -OCH3 is 1. The zero-order valence-corrected chi connectivity index (χ0v) is 23.9. The highest BCUT2D eigenvalue weighted by Gasteiger charge is 2.37. The van der Waals surface area contributed by atoms with Gasteiger partial charge < -0.3 is 14.7 Å². The predicted octanol–water partition coefficient (Wildman–Crippen LogP) is 4.99. The van der Waals surface area contributed by atoms with Crippen molar-refractivity contribution in [3.8, 4) is 5.75 Å². The molecule has 5 rings (SSSR count). The van der Waals surface area contributed by atoms with E-state index in [1.807, 2.05) is 36.4 Å². The van der Waals surface area contributed by atoms with Crippen LogP contribution in [-0.4, -0.2) is 76.6 Å². The third-order valence-electron chi connectivity index (χ3n) is 8.39. The first kappa shape index (κ1) is 28.8. The zero-order valence-electron chi connectivity index (χ0n) is 23.9. The number of phenols is 1. The Morgan fingerprint density at radius 1 is 0.976 bits per heavy atom. The second kappa shape index (κ2) is 12.4. The molecule has 7 nitrogen and oxygen atoms in total. The van der Waals surface area contributed by atoms with Gasteiger partial charge >= 0.3 is 5.97 Å². The first-order valence-electron chi connectivity index (χ1n) is 14.3. The summed E-state index contributed by atoms with van der Waals surface area (Å²) >= 11 is 0. The molecule has 3 aromatic rings. The van der Waals surface area contributed by atoms with Crippen molar-refractivity contribution in [2.45, 2.75) is 57.4 Å². The third-order valence-corrected chi connectivity index (χ3v) is 8.39. The van der Waals surface area contributed by atoms with Gasteiger partial charge in [-0.3, -0.25) is 14.6 Å². The molecule has 2 aliphatic heterocycles. The van der Waals surface area contributed by atoms with E-state index in [1.165, 1.54) is 13.2 Å². The maximum atomic E-state index is 13.8. The minimum absolute atomic E-state index is 0.133. The number of ether oxygens (including phenoxy) is 1. The number of carbonyl (C=O) groups is 2. The molecule has 2 aliphatic rings. The van der Waals surface area contributed by atoms with Crippen LogP contribution >= 0.6 is 0 Å². The SMILES string of the molecule is COC(=O)[C@@H]1CCCN1C(=O)c1cccc([C@H](c2cccc(O)c2)N2C[C@@H](C)N(Cc3cccc(F)c3)C[C@@H]2C)c1. The Kier molecular flexibility index (Phi) is 8.71. The van der Waals surface area contributed by atoms with E-state index in [-0.39, 0.29) is 41.6 Å². The number of piperazine rings is 1. The number of nitrogens with zero attached hydrogens (tertiary/aromatic N) is 3. The summed E-state index contributed by atoms with van der Waals surface area (Å²) in [5.41, 5.74) is 3.34. The Bertz CT molecular complexity index is 1400. The molecule has 0 aliphatic carbocycles. The third kappa shape index (κ3) is 6.29. The number of phenolic OH excluding ortho intramolecular Hbond substituents is 1. The van der Waals surface area contributed by atoms with E-state index >= 15 is 0 Å². The van der Waals surface area contributed by atoms with Gasteiger partial charge in [0.2, 0.25) is 0 Å². The lowest BCUT2D eigenvalue weighted by Crippen LogP contribution is -2.56. The molecule has 0 radical (unpaired) electrons. The van der Waals surface area contributed by atoms with Crippen molar-refractivity contribution in [1.82, 2.24) is 14.7 Å². The van der Waals surface area contributed by atoms with E-state index < -0.39 is 6.04 Å². The summed E-state index contributed by atoms with van der Waals surface area (Å²) in [7, 11) is 1.35. The molecular weight excluding hydrogens is 521 g/mol. The summed E-state index contributed by atoms with van der Waals surface area (Å²) in [6.07, 6.45) is 1.35. The van der Waals surface area contributed by atoms with Gasteiger partial charge in [0.15, 0.2) is 0 Å². The van der Waals surface area contributed by atoms with E-state index in [0.717, 1.165) is 36.2 Å². The van der Waals surface area contributed by atoms with Gasteiger partial charge in [-0.25, -0.2) is 9.18 Å². The monoisotopic (exact) mass is 559 g/mol. The molecule has 1 N–H and O–H groups in total. The molecule has 0 saturated carbocycles. The van der Waals surface area contributed by atoms with Crippen LogP contribution in [-0.2, 0) is 16.1 Å². The lowest BCUT2D eigenvalue weighted by molar-refractivity contribution is -0.145. The van der Waals surface area contributed by atoms with Gasteiger partial charge in [-0.2, -0.15) is 0 Å². The summed E-state index contributed by atoms with van der Waals surface area (Å²) in [6, 6.07) is 21.2. The van der Waals surface area contributed by atoms with Crippen LogP contribution in [0.15, 0.2) is 72.8 Å². The van der Waals surface area contributed by atoms with Crippen LogP contribution in [0, 0.1) is 5.82 Å². The van der Waals surface area contributed by atoms with Gasteiger partial charge in [0, 0.05) is 43.8 Å². The number of amides is 1. The summed E-state index contributed by atoms with van der Waals surface area (Å²) in [5, 5.41) is 10.4. The van der Waals surface area contributed by atoms with E-state index in [0.29, 0.717) is 25.1 Å². The second-order valence-corrected chi connectivity index (χ2v) is 11.3. The molecule has 3 aromatic carbocycles. The molecule has 0 bridgehead atoms. The number of halogens is 1. The number of benzene rings is 3. The fourth-order valence-electron chi connectivity index (χ4n) is 6.34. The summed E-state index contributed by atoms with van der Waals surface area (Å²) < 4.78 is 18.8. The molecular formula is C33H38FN3O4. The van der Waals surface area contributed by atoms with Gasteiger partial charge in [-0.05, 0) is 79.8 Å². The molecule has 2 heterocycles. The maximum Gasteiger partial charge on any atom is 0.328 e. The molecule has 0 aromatic heterocycles. The van der Waals surface area contributed by atoms with E-state index in [9.17, 15) is 19.1 Å². The average Bonchev–Trinajstić information content (AvgIpc) is 3.45. The number of rotatable bonds is 7. The highest BCUT2D eigenvalue weighted by atomic mass is 19.1. The number of likely N-dealkylation sites (tertiary alicyclic amines) is 1. The maximum absolute atomic E-state index is 13.8. The highest BCUT2D eigenvalue weighted by Crippen LogP contribution is 2.35. The Morgan fingerprint density at radius 3 is 2.44 bits per heavy atom. The molecule has 0 unspecified atom stereocenters. The van der Waals surface area contributed by atoms with Crippen LogP contribution in [0.4, 0.5) is 4.39 Å². The Hall–Kier alpha value is -3.75. The molecule has 216 valence electrons. The van der Waals surface area contributed by atoms with E-state index in [4.69, 9.17) is 4.74 Å². The lowest BCUT2D eigenvalue weighted by atomic mass is 9.92. The summed E-state index contributed by atoms with van der Waals surface area (Å²) in [4.78, 5) is 32.3. The van der Waals surface area contributed by atoms with Gasteiger partial charge in [0.05, 0.1) is 13.2 Å². The van der Waals surface area contributed by atoms with E-state index in [2.05, 4.69) is 23.6 Å². The molecule has 41 heavy (non-hydrogen) atoms. The van der Waals surface area contributed by atoms with Crippen molar-refractivity contribution in [2.75, 3.05) is 26.7 Å². The van der Waals surface area contributed by atoms with Gasteiger partial charge in [-0.15, -0.1) is 0 Å². The largest absolute Gasteiger partial charge is 0.508 e. The first-order chi connectivity index (χ1) is 19.7. The fourth-order valence-corrected chi connectivity index (χ4v) is 6.34. The van der Waals surface area contributed by atoms with Crippen LogP contribution in [0.3, 0.4) is 0 Å². The first-order valence-corrected chi connectivity index (χ1v) is 14.3. The molecule has 0 spiro atoms. The van der Waals surface area contributed by atoms with Crippen LogP contribution in [0.25, 0.3) is 0 Å². The van der Waals surface area contributed by atoms with Crippen molar-refractivity contribution in [1.29, 1.82) is 0 Å². The summed E-state index contributed by atoms with van der Waals surface area (Å²) in [5.74, 6) is -0.616. The quantitative estimate of drug-likeness (QED) is 0.411. The Morgan fingerprint density at radius 2 is 1.71 bits per heavy atom. The standard InChI is InChI=1S/C33H38FN3O4/c1-22-20-37(23(2)19-35(22)21-24-8-4-12-28(34)16-24)31(26-10-6-13-29(38)18-26)25-9-5-11-27(17-25)32(39)36-15-7-14-30(36)33(40)41-3/h4-6,8-13,16-18,22-23,30-31,38H,7,14-15,19-21H2,1-3H3/t22-,23+,30+,31-/m1/s1. The Balaban J connectivity index is 1.44. The van der Waals surface area contributed by atoms with Crippen LogP contribution in [0.2, 0.25) is 0 Å². The highest BCUT2D eigenvalue weighted by molar-refractivity contribution is 5.97. The zero-order chi connectivity index (χ0) is 29.1. The van der Waals surface area contributed by atoms with Crippen LogP contribution < -0.4 is 0 Å². The number of aromatic hydroxyl groups is 1. The number of hydrogen-bond acceptors (Lipinski definition) is 6. The number of esters is 1. The van der Waals surface area contributed by atoms with Crippen molar-refractivity contribution >= 4 is 11.9 Å². The molecule has 1 amide bonds. The van der Waals surface area contributed by atoms with Crippen molar-refractivity contribution < 1.29 is 23.8 Å². The molecule has 2 fully saturated rings. The van der Waals surface area contributed by atoms with Gasteiger partial charge in [0.1, 0.15) is 17.6 Å². The average molecular weight is 560 g/mol. The molecule has 8 heteroatoms. The number of carbonyl (C=O) groups excluding carboxylic acids is 2. The van der Waals surface area contributed by atoms with Gasteiger partial charge in [-0.1, -0.05) is 36.4 Å². The van der Waals surface area contributed by atoms with Crippen LogP contribution in [0.5, 0.6) is 5.75 Å². The molecule has 2 saturated heterocycles. The minimum Gasteiger partial charge on any atom is -0.508 e. The van der Waals surface area contributed by atoms with Crippen molar-refractivity contribution in [3.63, 3.8) is 0 Å². The minimum atomic E-state index is -0.565. The predicted molar refractivity (Wildman–Crippen MR) is 155 cm³/mol. The summed E-state index contributed by atoms with van der Waals surface area (Å²) in [6.45, 7) is 7.06. The smallest absolute Gasteiger partial charge is 0.328 e. The topological polar surface area (TPSA) is 73.3 Å².